The molecule has 3 aliphatic rings. The van der Waals surface area contributed by atoms with Gasteiger partial charge in [-0.05, 0) is 18.8 Å². The first kappa shape index (κ1) is 19.7. The third-order valence-electron chi connectivity index (χ3n) is 4.95. The molecule has 4 nitrogen and oxygen atoms in total. The maximum Gasteiger partial charge on any atom is 0.0913 e. The number of rotatable bonds is 7. The van der Waals surface area contributed by atoms with Crippen LogP contribution in [0.1, 0.15) is 19.8 Å². The summed E-state index contributed by atoms with van der Waals surface area (Å²) >= 11 is 7.24. The molecule has 2 atom stereocenters. The van der Waals surface area contributed by atoms with Crippen LogP contribution in [0.15, 0.2) is 52.1 Å². The first-order valence-electron chi connectivity index (χ1n) is 9.43. The molecule has 26 heavy (non-hydrogen) atoms. The van der Waals surface area contributed by atoms with E-state index in [0.717, 1.165) is 51.3 Å². The summed E-state index contributed by atoms with van der Waals surface area (Å²) in [4.78, 5) is 10.8. The molecule has 1 aliphatic heterocycles. The molecule has 1 saturated heterocycles. The zero-order valence-corrected chi connectivity index (χ0v) is 17.0. The highest BCUT2D eigenvalue weighted by Gasteiger charge is 2.20. The zero-order chi connectivity index (χ0) is 18.2. The van der Waals surface area contributed by atoms with E-state index in [1.54, 1.807) is 0 Å². The van der Waals surface area contributed by atoms with Gasteiger partial charge in [-0.15, -0.1) is 11.8 Å². The lowest BCUT2D eigenvalue weighted by molar-refractivity contribution is 0.160. The minimum absolute atomic E-state index is 0.496. The summed E-state index contributed by atoms with van der Waals surface area (Å²) in [5, 5.41) is 0.496. The number of halogens is 1. The van der Waals surface area contributed by atoms with Crippen LogP contribution < -0.4 is 0 Å². The van der Waals surface area contributed by atoms with Gasteiger partial charge < -0.3 is 4.90 Å². The van der Waals surface area contributed by atoms with Crippen LogP contribution >= 0.6 is 23.6 Å². The molecule has 142 valence electrons. The quantitative estimate of drug-likeness (QED) is 0.478. The number of aliphatic imine (C=N–C) groups is 1. The maximum atomic E-state index is 5.30. The zero-order valence-electron chi connectivity index (χ0n) is 15.4. The normalized spacial score (nSPS) is 27.1. The van der Waals surface area contributed by atoms with Crippen molar-refractivity contribution < 1.29 is 4.29 Å². The Balaban J connectivity index is 1.52. The standard InChI is InChI=1S/C20H28ClN3OS/c1-17-6-2-4-8-19(17)26-20-9-5-3-7-18(20)22-16-24-12-10-23(11-13-24)14-15-25-21/h2,4,6-9,16-17,19H,3,5,10-15H2,1H3. The first-order chi connectivity index (χ1) is 12.8. The van der Waals surface area contributed by atoms with E-state index in [0.29, 0.717) is 17.8 Å². The maximum absolute atomic E-state index is 5.30. The average Bonchev–Trinajstić information content (AvgIpc) is 2.68. The lowest BCUT2D eigenvalue weighted by atomic mass is 10.0. The highest BCUT2D eigenvalue weighted by molar-refractivity contribution is 8.04. The van der Waals surface area contributed by atoms with Gasteiger partial charge >= 0.3 is 0 Å². The highest BCUT2D eigenvalue weighted by atomic mass is 35.5. The first-order valence-corrected chi connectivity index (χ1v) is 10.6. The number of thioether (sulfide) groups is 1. The van der Waals surface area contributed by atoms with Crippen molar-refractivity contribution in [1.82, 2.24) is 9.80 Å². The van der Waals surface area contributed by atoms with Crippen molar-refractivity contribution in [1.29, 1.82) is 0 Å². The number of nitrogens with zero attached hydrogens (tertiary/aromatic N) is 3. The van der Waals surface area contributed by atoms with Crippen molar-refractivity contribution in [3.8, 4) is 0 Å². The smallest absolute Gasteiger partial charge is 0.0913 e. The molecule has 0 amide bonds. The predicted octanol–water partition coefficient (Wildman–Crippen LogP) is 4.23. The Bertz CT molecular complexity index is 606. The summed E-state index contributed by atoms with van der Waals surface area (Å²) in [6, 6.07) is 0. The monoisotopic (exact) mass is 393 g/mol. The fourth-order valence-electron chi connectivity index (χ4n) is 3.27. The highest BCUT2D eigenvalue weighted by Crippen LogP contribution is 2.37. The average molecular weight is 394 g/mol. The number of hydrogen-bond acceptors (Lipinski definition) is 4. The minimum Gasteiger partial charge on any atom is -0.360 e. The van der Waals surface area contributed by atoms with Crippen LogP contribution in [0.2, 0.25) is 0 Å². The second-order valence-corrected chi connectivity index (χ2v) is 8.32. The van der Waals surface area contributed by atoms with E-state index in [1.807, 2.05) is 18.1 Å². The van der Waals surface area contributed by atoms with Crippen molar-refractivity contribution in [3.63, 3.8) is 0 Å². The Morgan fingerprint density at radius 1 is 1.19 bits per heavy atom. The van der Waals surface area contributed by atoms with E-state index >= 15 is 0 Å². The van der Waals surface area contributed by atoms with Crippen LogP contribution in [0.5, 0.6) is 0 Å². The van der Waals surface area contributed by atoms with E-state index in [2.05, 4.69) is 57.5 Å². The van der Waals surface area contributed by atoms with E-state index in [9.17, 15) is 0 Å². The molecule has 0 bridgehead atoms. The largest absolute Gasteiger partial charge is 0.360 e. The molecule has 0 aromatic heterocycles. The number of allylic oxidation sites excluding steroid dienone is 5. The third-order valence-corrected chi connectivity index (χ3v) is 6.59. The molecule has 0 N–H and O–H groups in total. The van der Waals surface area contributed by atoms with Gasteiger partial charge in [0.25, 0.3) is 0 Å². The third kappa shape index (κ3) is 5.74. The van der Waals surface area contributed by atoms with Gasteiger partial charge in [-0.3, -0.25) is 9.19 Å². The topological polar surface area (TPSA) is 28.1 Å². The van der Waals surface area contributed by atoms with Crippen LogP contribution in [0.3, 0.4) is 0 Å². The summed E-state index contributed by atoms with van der Waals surface area (Å²) in [6.07, 6.45) is 17.7. The second kappa shape index (κ2) is 10.4. The van der Waals surface area contributed by atoms with Crippen molar-refractivity contribution in [2.75, 3.05) is 39.3 Å². The van der Waals surface area contributed by atoms with Crippen LogP contribution in [0.4, 0.5) is 0 Å². The Morgan fingerprint density at radius 2 is 1.96 bits per heavy atom. The van der Waals surface area contributed by atoms with Crippen molar-refractivity contribution in [3.05, 3.63) is 47.1 Å². The van der Waals surface area contributed by atoms with E-state index in [-0.39, 0.29) is 0 Å². The molecule has 2 aliphatic carbocycles. The summed E-state index contributed by atoms with van der Waals surface area (Å²) in [5.41, 5.74) is 1.13. The lowest BCUT2D eigenvalue weighted by Gasteiger charge is -2.33. The van der Waals surface area contributed by atoms with Gasteiger partial charge in [0.05, 0.1) is 30.5 Å². The summed E-state index contributed by atoms with van der Waals surface area (Å²) in [6.45, 7) is 7.81. The fourth-order valence-corrected chi connectivity index (χ4v) is 4.57. The Morgan fingerprint density at radius 3 is 2.73 bits per heavy atom. The summed E-state index contributed by atoms with van der Waals surface area (Å²) in [7, 11) is 0. The molecule has 1 heterocycles. The molecule has 2 unspecified atom stereocenters. The Kier molecular flexibility index (Phi) is 7.86. The van der Waals surface area contributed by atoms with Gasteiger partial charge in [-0.2, -0.15) is 0 Å². The van der Waals surface area contributed by atoms with E-state index in [4.69, 9.17) is 16.9 Å². The van der Waals surface area contributed by atoms with Crippen LogP contribution in [0.25, 0.3) is 0 Å². The van der Waals surface area contributed by atoms with Crippen LogP contribution in [0, 0.1) is 5.92 Å². The van der Waals surface area contributed by atoms with Gasteiger partial charge in [-0.1, -0.05) is 43.4 Å². The Labute approximate surface area is 166 Å². The minimum atomic E-state index is 0.496. The van der Waals surface area contributed by atoms with Gasteiger partial charge in [0.1, 0.15) is 0 Å². The van der Waals surface area contributed by atoms with Gasteiger partial charge in [-0.25, -0.2) is 4.99 Å². The second-order valence-electron chi connectivity index (χ2n) is 6.88. The van der Waals surface area contributed by atoms with Crippen molar-refractivity contribution in [2.24, 2.45) is 10.9 Å². The van der Waals surface area contributed by atoms with E-state index in [1.165, 1.54) is 4.91 Å². The molecule has 0 aromatic rings. The number of piperazine rings is 1. The van der Waals surface area contributed by atoms with Gasteiger partial charge in [0.15, 0.2) is 0 Å². The molecule has 1 fully saturated rings. The molecule has 0 radical (unpaired) electrons. The Hall–Kier alpha value is -1.01. The van der Waals surface area contributed by atoms with Crippen molar-refractivity contribution in [2.45, 2.75) is 25.0 Å². The molecule has 3 rings (SSSR count). The molecule has 0 spiro atoms. The van der Waals surface area contributed by atoms with Crippen molar-refractivity contribution >= 4 is 30.0 Å². The molecule has 0 aromatic carbocycles. The predicted molar refractivity (Wildman–Crippen MR) is 113 cm³/mol. The van der Waals surface area contributed by atoms with E-state index < -0.39 is 0 Å². The molecule has 0 saturated carbocycles. The molecule has 6 heteroatoms. The molecular weight excluding hydrogens is 366 g/mol. The summed E-state index contributed by atoms with van der Waals surface area (Å²) in [5.74, 6) is 0.558. The number of hydrogen-bond donors (Lipinski definition) is 0. The SMILES string of the molecule is CC1C=CC=CC1SC1=CCCC=C1N=CN1CCN(CCOCl)CC1. The summed E-state index contributed by atoms with van der Waals surface area (Å²) < 4.78 is 4.65. The lowest BCUT2D eigenvalue weighted by Crippen LogP contribution is -2.46. The molecular formula is C20H28ClN3OS. The van der Waals surface area contributed by atoms with Gasteiger partial charge in [0, 0.05) is 42.9 Å². The van der Waals surface area contributed by atoms with Crippen LogP contribution in [-0.4, -0.2) is 60.7 Å². The van der Waals surface area contributed by atoms with Crippen LogP contribution in [-0.2, 0) is 4.29 Å². The fraction of sp³-hybridized carbons (Fsp3) is 0.550. The van der Waals surface area contributed by atoms with Gasteiger partial charge in [0.2, 0.25) is 0 Å².